The van der Waals surface area contributed by atoms with E-state index in [1.807, 2.05) is 41.0 Å². The molecule has 0 N–H and O–H groups in total. The number of nitrogens with zero attached hydrogens (tertiary/aromatic N) is 4. The number of methoxy groups -OCH3 is 1. The zero-order chi connectivity index (χ0) is 21.5. The van der Waals surface area contributed by atoms with Gasteiger partial charge in [0.25, 0.3) is 5.91 Å². The lowest BCUT2D eigenvalue weighted by molar-refractivity contribution is -0.136. The third-order valence-electron chi connectivity index (χ3n) is 6.50. The van der Waals surface area contributed by atoms with Crippen molar-refractivity contribution in [3.05, 3.63) is 30.1 Å². The Hall–Kier alpha value is -3.03. The molecule has 0 radical (unpaired) electrons. The first-order chi connectivity index (χ1) is 15.1. The van der Waals surface area contributed by atoms with Crippen LogP contribution >= 0.6 is 0 Å². The minimum atomic E-state index is -0.384. The molecule has 1 aliphatic carbocycles. The lowest BCUT2D eigenvalue weighted by Gasteiger charge is -2.35. The number of amides is 2. The highest BCUT2D eigenvalue weighted by Gasteiger charge is 2.33. The van der Waals surface area contributed by atoms with Crippen LogP contribution < -0.4 is 9.64 Å². The van der Waals surface area contributed by atoms with Crippen LogP contribution in [0.1, 0.15) is 44.2 Å². The molecule has 1 aromatic heterocycles. The number of rotatable bonds is 5. The molecule has 1 atom stereocenters. The summed E-state index contributed by atoms with van der Waals surface area (Å²) in [5.41, 5.74) is 3.60. The summed E-state index contributed by atoms with van der Waals surface area (Å²) >= 11 is 0. The molecule has 2 aromatic rings. The number of aromatic nitrogens is 2. The van der Waals surface area contributed by atoms with E-state index in [2.05, 4.69) is 5.10 Å². The second-order valence-electron chi connectivity index (χ2n) is 8.63. The van der Waals surface area contributed by atoms with Gasteiger partial charge in [-0.25, -0.2) is 4.79 Å². The molecule has 3 heterocycles. The van der Waals surface area contributed by atoms with Crippen molar-refractivity contribution in [3.8, 4) is 16.9 Å². The molecule has 1 saturated heterocycles. The van der Waals surface area contributed by atoms with E-state index in [1.54, 1.807) is 4.90 Å². The maximum atomic E-state index is 12.5. The number of hydrogen-bond donors (Lipinski definition) is 0. The molecule has 3 aliphatic rings. The van der Waals surface area contributed by atoms with E-state index < -0.39 is 0 Å². The predicted octanol–water partition coefficient (Wildman–Crippen LogP) is 3.40. The average Bonchev–Trinajstić information content (AvgIpc) is 3.47. The molecule has 0 spiro atoms. The summed E-state index contributed by atoms with van der Waals surface area (Å²) in [6.07, 6.45) is 8.44. The first kappa shape index (κ1) is 19.9. The van der Waals surface area contributed by atoms with Crippen LogP contribution in [0, 0.1) is 0 Å². The van der Waals surface area contributed by atoms with E-state index in [4.69, 9.17) is 9.47 Å². The van der Waals surface area contributed by atoms with Crippen LogP contribution in [-0.2, 0) is 16.0 Å². The minimum Gasteiger partial charge on any atom is -0.483 e. The van der Waals surface area contributed by atoms with Crippen LogP contribution in [0.25, 0.3) is 11.1 Å². The van der Waals surface area contributed by atoms with Crippen LogP contribution in [0.3, 0.4) is 0 Å². The minimum absolute atomic E-state index is 0.00233. The van der Waals surface area contributed by atoms with Crippen LogP contribution in [0.15, 0.2) is 24.5 Å². The lowest BCUT2D eigenvalue weighted by atomic mass is 9.92. The van der Waals surface area contributed by atoms with Gasteiger partial charge in [0.1, 0.15) is 5.75 Å². The Kier molecular flexibility index (Phi) is 5.08. The Morgan fingerprint density at radius 3 is 2.68 bits per heavy atom. The topological polar surface area (TPSA) is 76.9 Å². The van der Waals surface area contributed by atoms with Gasteiger partial charge in [-0.2, -0.15) is 5.10 Å². The fourth-order valence-electron chi connectivity index (χ4n) is 4.38. The molecule has 1 saturated carbocycles. The second-order valence-corrected chi connectivity index (χ2v) is 8.63. The monoisotopic (exact) mass is 424 g/mol. The molecule has 1 unspecified atom stereocenters. The smallest absolute Gasteiger partial charge is 0.414 e. The fraction of sp³-hybridized carbons (Fsp3) is 0.522. The number of ether oxygens (including phenoxy) is 2. The van der Waals surface area contributed by atoms with Crippen molar-refractivity contribution in [2.75, 3.05) is 31.7 Å². The van der Waals surface area contributed by atoms with Gasteiger partial charge in [0.05, 0.1) is 25.0 Å². The van der Waals surface area contributed by atoms with Crippen molar-refractivity contribution in [2.24, 2.45) is 0 Å². The highest BCUT2D eigenvalue weighted by Crippen LogP contribution is 2.44. The van der Waals surface area contributed by atoms with E-state index >= 15 is 0 Å². The van der Waals surface area contributed by atoms with Gasteiger partial charge in [0.15, 0.2) is 6.61 Å². The van der Waals surface area contributed by atoms with Crippen molar-refractivity contribution < 1.29 is 19.1 Å². The number of likely N-dealkylation sites (tertiary alicyclic amines) is 1. The quantitative estimate of drug-likeness (QED) is 0.735. The van der Waals surface area contributed by atoms with Crippen LogP contribution in [0.4, 0.5) is 10.5 Å². The summed E-state index contributed by atoms with van der Waals surface area (Å²) < 4.78 is 13.2. The molecular formula is C23H28N4O4. The summed E-state index contributed by atoms with van der Waals surface area (Å²) in [6, 6.07) is 4.43. The van der Waals surface area contributed by atoms with Crippen LogP contribution in [-0.4, -0.2) is 59.5 Å². The largest absolute Gasteiger partial charge is 0.483 e. The van der Waals surface area contributed by atoms with E-state index in [0.29, 0.717) is 11.8 Å². The maximum Gasteiger partial charge on any atom is 0.414 e. The molecule has 2 fully saturated rings. The molecule has 5 rings (SSSR count). The van der Waals surface area contributed by atoms with Crippen molar-refractivity contribution in [3.63, 3.8) is 0 Å². The number of hydrogen-bond acceptors (Lipinski definition) is 5. The molecule has 8 heteroatoms. The highest BCUT2D eigenvalue weighted by atomic mass is 16.5. The normalized spacial score (nSPS) is 20.1. The van der Waals surface area contributed by atoms with Gasteiger partial charge in [-0.1, -0.05) is 0 Å². The number of benzene rings is 1. The number of anilines is 1. The van der Waals surface area contributed by atoms with Gasteiger partial charge < -0.3 is 14.4 Å². The fourth-order valence-corrected chi connectivity index (χ4v) is 4.38. The summed E-state index contributed by atoms with van der Waals surface area (Å²) in [5.74, 6) is 0.667. The number of carbonyl (C=O) groups excluding carboxylic acids is 2. The Balaban J connectivity index is 1.53. The highest BCUT2D eigenvalue weighted by molar-refractivity contribution is 5.92. The maximum absolute atomic E-state index is 12.5. The predicted molar refractivity (Wildman–Crippen MR) is 115 cm³/mol. The lowest BCUT2D eigenvalue weighted by Crippen LogP contribution is -2.44. The first-order valence-corrected chi connectivity index (χ1v) is 11.0. The number of carbonyl (C=O) groups is 2. The van der Waals surface area contributed by atoms with Gasteiger partial charge >= 0.3 is 6.09 Å². The third-order valence-corrected chi connectivity index (χ3v) is 6.50. The molecule has 164 valence electrons. The standard InChI is InChI=1S/C23H28N4O4/c1-15-4-7-19-20(27(15)23(29)30-2)9-8-18(16-12-24-26(13-16)17-5-6-17)22(19)31-14-21(28)25-10-3-11-25/h8-9,12-13,15,17H,3-7,10-11,14H2,1-2H3. The van der Waals surface area contributed by atoms with E-state index in [9.17, 15) is 9.59 Å². The van der Waals surface area contributed by atoms with Crippen molar-refractivity contribution in [1.29, 1.82) is 0 Å². The van der Waals surface area contributed by atoms with Gasteiger partial charge in [0.2, 0.25) is 0 Å². The number of fused-ring (bicyclic) bond motifs is 1. The van der Waals surface area contributed by atoms with Crippen molar-refractivity contribution in [2.45, 2.75) is 51.1 Å². The van der Waals surface area contributed by atoms with Gasteiger partial charge in [0, 0.05) is 42.0 Å². The molecule has 2 amide bonds. The van der Waals surface area contributed by atoms with E-state index in [-0.39, 0.29) is 24.6 Å². The van der Waals surface area contributed by atoms with Gasteiger partial charge in [-0.05, 0) is 51.2 Å². The Labute approximate surface area is 181 Å². The second kappa shape index (κ2) is 7.90. The summed E-state index contributed by atoms with van der Waals surface area (Å²) in [4.78, 5) is 28.5. The SMILES string of the molecule is COC(=O)N1c2ccc(-c3cnn(C4CC4)c3)c(OCC(=O)N3CCC3)c2CCC1C. The van der Waals surface area contributed by atoms with Gasteiger partial charge in [-0.3, -0.25) is 14.4 Å². The Bertz CT molecular complexity index is 1010. The molecule has 1 aromatic carbocycles. The summed E-state index contributed by atoms with van der Waals surface area (Å²) in [6.45, 7) is 3.60. The molecule has 8 nitrogen and oxygen atoms in total. The molecular weight excluding hydrogens is 396 g/mol. The van der Waals surface area contributed by atoms with Crippen molar-refractivity contribution >= 4 is 17.7 Å². The molecule has 0 bridgehead atoms. The zero-order valence-electron chi connectivity index (χ0n) is 18.0. The Morgan fingerprint density at radius 2 is 2.00 bits per heavy atom. The zero-order valence-corrected chi connectivity index (χ0v) is 18.0. The van der Waals surface area contributed by atoms with Gasteiger partial charge in [-0.15, -0.1) is 0 Å². The van der Waals surface area contributed by atoms with E-state index in [1.165, 1.54) is 7.11 Å². The summed E-state index contributed by atoms with van der Waals surface area (Å²) in [5, 5.41) is 4.52. The average molecular weight is 425 g/mol. The summed E-state index contributed by atoms with van der Waals surface area (Å²) in [7, 11) is 1.40. The van der Waals surface area contributed by atoms with Crippen LogP contribution in [0.2, 0.25) is 0 Å². The molecule has 31 heavy (non-hydrogen) atoms. The van der Waals surface area contributed by atoms with Crippen LogP contribution in [0.5, 0.6) is 5.75 Å². The Morgan fingerprint density at radius 1 is 1.19 bits per heavy atom. The van der Waals surface area contributed by atoms with E-state index in [0.717, 1.165) is 67.6 Å². The molecule has 2 aliphatic heterocycles. The first-order valence-electron chi connectivity index (χ1n) is 11.0. The third kappa shape index (κ3) is 3.64. The van der Waals surface area contributed by atoms with Crippen molar-refractivity contribution in [1.82, 2.24) is 14.7 Å².